The summed E-state index contributed by atoms with van der Waals surface area (Å²) in [7, 11) is 0. The number of nitrogens with zero attached hydrogens (tertiary/aromatic N) is 1. The van der Waals surface area contributed by atoms with E-state index in [0.717, 1.165) is 6.42 Å². The Kier molecular flexibility index (Phi) is 15.2. The maximum absolute atomic E-state index is 12.6. The molecular formula is C20H40N8O5. The first-order chi connectivity index (χ1) is 15.5. The fraction of sp³-hybridized carbons (Fsp3) is 0.750. The molecule has 0 aliphatic carbocycles. The number of guanidine groups is 1. The summed E-state index contributed by atoms with van der Waals surface area (Å²) in [4.78, 5) is 52.4. The highest BCUT2D eigenvalue weighted by atomic mass is 16.4. The fourth-order valence-corrected chi connectivity index (χ4v) is 2.89. The molecule has 0 radical (unpaired) electrons. The van der Waals surface area contributed by atoms with Crippen molar-refractivity contribution in [3.63, 3.8) is 0 Å². The minimum atomic E-state index is -1.16. The highest BCUT2D eigenvalue weighted by molar-refractivity contribution is 5.92. The predicted molar refractivity (Wildman–Crippen MR) is 125 cm³/mol. The molecule has 0 aromatic heterocycles. The summed E-state index contributed by atoms with van der Waals surface area (Å²) in [5.74, 6) is -3.29. The minimum absolute atomic E-state index is 0.0899. The van der Waals surface area contributed by atoms with Gasteiger partial charge in [0, 0.05) is 6.54 Å². The van der Waals surface area contributed by atoms with E-state index in [4.69, 9.17) is 22.9 Å². The topological polar surface area (TPSA) is 241 Å². The molecule has 12 N–H and O–H groups in total. The predicted octanol–water partition coefficient (Wildman–Crippen LogP) is -2.29. The molecule has 13 heteroatoms. The summed E-state index contributed by atoms with van der Waals surface area (Å²) >= 11 is 0. The van der Waals surface area contributed by atoms with Gasteiger partial charge in [-0.1, -0.05) is 26.7 Å². The number of carboxylic acids is 1. The first-order valence-electron chi connectivity index (χ1n) is 11.1. The van der Waals surface area contributed by atoms with Crippen molar-refractivity contribution in [2.75, 3.05) is 19.6 Å². The number of aliphatic carboxylic acids is 1. The quantitative estimate of drug-likeness (QED) is 0.0644. The molecule has 0 heterocycles. The highest BCUT2D eigenvalue weighted by Crippen LogP contribution is 2.08. The first kappa shape index (κ1) is 30.1. The van der Waals surface area contributed by atoms with Crippen LogP contribution in [-0.4, -0.2) is 72.5 Å². The van der Waals surface area contributed by atoms with Crippen LogP contribution < -0.4 is 38.9 Å². The molecule has 13 nitrogen and oxygen atoms in total. The van der Waals surface area contributed by atoms with E-state index >= 15 is 0 Å². The largest absolute Gasteiger partial charge is 0.480 e. The number of rotatable bonds is 17. The Morgan fingerprint density at radius 3 is 2.21 bits per heavy atom. The van der Waals surface area contributed by atoms with Crippen LogP contribution in [0.25, 0.3) is 0 Å². The van der Waals surface area contributed by atoms with Gasteiger partial charge in [-0.05, 0) is 38.1 Å². The summed E-state index contributed by atoms with van der Waals surface area (Å²) in [6.07, 6.45) is 2.97. The zero-order chi connectivity index (χ0) is 25.4. The lowest BCUT2D eigenvalue weighted by atomic mass is 9.99. The summed E-state index contributed by atoms with van der Waals surface area (Å²) in [6.45, 7) is 3.82. The zero-order valence-electron chi connectivity index (χ0n) is 19.5. The van der Waals surface area contributed by atoms with E-state index in [0.29, 0.717) is 32.2 Å². The van der Waals surface area contributed by atoms with Crippen molar-refractivity contribution in [1.82, 2.24) is 16.0 Å². The Balaban J connectivity index is 4.98. The molecular weight excluding hydrogens is 432 g/mol. The molecule has 0 aromatic carbocycles. The summed E-state index contributed by atoms with van der Waals surface area (Å²) in [5, 5.41) is 16.7. The van der Waals surface area contributed by atoms with E-state index in [1.54, 1.807) is 6.92 Å². The number of unbranched alkanes of at least 4 members (excludes halogenated alkanes) is 1. The molecule has 0 fully saturated rings. The van der Waals surface area contributed by atoms with E-state index < -0.39 is 48.4 Å². The number of hydrogen-bond acceptors (Lipinski definition) is 7. The van der Waals surface area contributed by atoms with Crippen molar-refractivity contribution in [2.45, 2.75) is 70.5 Å². The van der Waals surface area contributed by atoms with Crippen LogP contribution in [0.5, 0.6) is 0 Å². The number of nitrogens with one attached hydrogen (secondary N) is 3. The average molecular weight is 473 g/mol. The van der Waals surface area contributed by atoms with Gasteiger partial charge in [-0.15, -0.1) is 0 Å². The molecule has 0 rings (SSSR count). The number of carbonyl (C=O) groups is 4. The van der Waals surface area contributed by atoms with Gasteiger partial charge in [-0.2, -0.15) is 0 Å². The van der Waals surface area contributed by atoms with Crippen LogP contribution in [-0.2, 0) is 19.2 Å². The number of aliphatic imine (C=N–C) groups is 1. The monoisotopic (exact) mass is 472 g/mol. The van der Waals surface area contributed by atoms with Crippen LogP contribution in [0, 0.1) is 5.92 Å². The van der Waals surface area contributed by atoms with Gasteiger partial charge in [0.2, 0.25) is 17.7 Å². The fourth-order valence-electron chi connectivity index (χ4n) is 2.89. The Morgan fingerprint density at radius 1 is 1.00 bits per heavy atom. The Hall–Kier alpha value is -2.93. The van der Waals surface area contributed by atoms with E-state index in [1.165, 1.54) is 0 Å². The van der Waals surface area contributed by atoms with Crippen LogP contribution in [0.2, 0.25) is 0 Å². The number of carbonyl (C=O) groups excluding carboxylic acids is 3. The third-order valence-corrected chi connectivity index (χ3v) is 5.10. The second kappa shape index (κ2) is 16.7. The van der Waals surface area contributed by atoms with E-state index in [-0.39, 0.29) is 24.8 Å². The molecule has 0 aliphatic rings. The van der Waals surface area contributed by atoms with Gasteiger partial charge in [-0.25, -0.2) is 4.79 Å². The first-order valence-corrected chi connectivity index (χ1v) is 11.1. The number of amides is 3. The van der Waals surface area contributed by atoms with E-state index in [1.807, 2.05) is 6.92 Å². The van der Waals surface area contributed by atoms with Crippen molar-refractivity contribution < 1.29 is 24.3 Å². The van der Waals surface area contributed by atoms with Gasteiger partial charge >= 0.3 is 5.97 Å². The summed E-state index contributed by atoms with van der Waals surface area (Å²) in [6, 6.07) is -2.84. The van der Waals surface area contributed by atoms with Gasteiger partial charge in [0.1, 0.15) is 12.1 Å². The van der Waals surface area contributed by atoms with Crippen LogP contribution in [0.4, 0.5) is 0 Å². The maximum Gasteiger partial charge on any atom is 0.326 e. The van der Waals surface area contributed by atoms with E-state index in [9.17, 15) is 24.3 Å². The third kappa shape index (κ3) is 13.3. The van der Waals surface area contributed by atoms with Crippen LogP contribution in [0.15, 0.2) is 4.99 Å². The number of carboxylic acid groups (broad SMARTS) is 1. The molecule has 0 spiro atoms. The average Bonchev–Trinajstić information content (AvgIpc) is 2.76. The smallest absolute Gasteiger partial charge is 0.326 e. The normalized spacial score (nSPS) is 14.3. The highest BCUT2D eigenvalue weighted by Gasteiger charge is 2.27. The van der Waals surface area contributed by atoms with Crippen molar-refractivity contribution in [3.05, 3.63) is 0 Å². The number of nitrogens with two attached hydrogens (primary N) is 4. The molecule has 0 bridgehead atoms. The third-order valence-electron chi connectivity index (χ3n) is 5.10. The van der Waals surface area contributed by atoms with Crippen LogP contribution in [0.3, 0.4) is 0 Å². The Morgan fingerprint density at radius 2 is 1.67 bits per heavy atom. The van der Waals surface area contributed by atoms with Gasteiger partial charge in [0.15, 0.2) is 5.96 Å². The maximum atomic E-state index is 12.6. The molecule has 0 saturated heterocycles. The zero-order valence-corrected chi connectivity index (χ0v) is 19.5. The molecule has 0 aliphatic heterocycles. The molecule has 33 heavy (non-hydrogen) atoms. The number of hydrogen-bond donors (Lipinski definition) is 8. The molecule has 0 saturated carbocycles. The van der Waals surface area contributed by atoms with Crippen LogP contribution >= 0.6 is 0 Å². The van der Waals surface area contributed by atoms with Gasteiger partial charge in [0.05, 0.1) is 12.6 Å². The van der Waals surface area contributed by atoms with Crippen LogP contribution in [0.1, 0.15) is 52.4 Å². The molecule has 0 aromatic rings. The van der Waals surface area contributed by atoms with Crippen molar-refractivity contribution in [1.29, 1.82) is 0 Å². The van der Waals surface area contributed by atoms with Crippen molar-refractivity contribution >= 4 is 29.7 Å². The molecule has 4 unspecified atom stereocenters. The lowest BCUT2D eigenvalue weighted by molar-refractivity contribution is -0.143. The lowest BCUT2D eigenvalue weighted by Gasteiger charge is -2.22. The van der Waals surface area contributed by atoms with Crippen molar-refractivity contribution in [2.24, 2.45) is 33.8 Å². The Bertz CT molecular complexity index is 669. The lowest BCUT2D eigenvalue weighted by Crippen LogP contribution is -2.54. The second-order valence-corrected chi connectivity index (χ2v) is 7.89. The SMILES string of the molecule is CCC(C)C(NC(=O)CNC(=O)C(CCCN=C(N)N)NC(=O)C(N)CCCCN)C(=O)O. The van der Waals surface area contributed by atoms with Gasteiger partial charge in [0.25, 0.3) is 0 Å². The summed E-state index contributed by atoms with van der Waals surface area (Å²) in [5.41, 5.74) is 21.9. The van der Waals surface area contributed by atoms with Gasteiger partial charge < -0.3 is 44.0 Å². The van der Waals surface area contributed by atoms with E-state index in [2.05, 4.69) is 20.9 Å². The van der Waals surface area contributed by atoms with Crippen molar-refractivity contribution in [3.8, 4) is 0 Å². The standard InChI is InChI=1S/C20H40N8O5/c1-3-12(2)16(19(32)33)28-15(29)11-26-18(31)14(8-6-10-25-20(23)24)27-17(30)13(22)7-4-5-9-21/h12-14,16H,3-11,21-22H2,1-2H3,(H,26,31)(H,27,30)(H,28,29)(H,32,33)(H4,23,24,25). The molecule has 3 amide bonds. The minimum Gasteiger partial charge on any atom is -0.480 e. The molecule has 190 valence electrons. The summed E-state index contributed by atoms with van der Waals surface area (Å²) < 4.78 is 0. The Labute approximate surface area is 194 Å². The second-order valence-electron chi connectivity index (χ2n) is 7.89. The van der Waals surface area contributed by atoms with Gasteiger partial charge in [-0.3, -0.25) is 19.4 Å². The molecule has 4 atom stereocenters.